The van der Waals surface area contributed by atoms with Gasteiger partial charge < -0.3 is 5.73 Å². The first-order chi connectivity index (χ1) is 4.34. The molecule has 1 aliphatic rings. The molecule has 1 rings (SSSR count). The van der Waals surface area contributed by atoms with E-state index >= 15 is 0 Å². The summed E-state index contributed by atoms with van der Waals surface area (Å²) >= 11 is 0. The second kappa shape index (κ2) is 3.21. The van der Waals surface area contributed by atoms with E-state index in [-0.39, 0.29) is 0 Å². The Bertz CT molecular complexity index is 80.6. The Morgan fingerprint density at radius 1 is 1.44 bits per heavy atom. The van der Waals surface area contributed by atoms with Crippen molar-refractivity contribution >= 4 is 0 Å². The average Bonchev–Trinajstić information content (AvgIpc) is 2.18. The second-order valence-electron chi connectivity index (χ2n) is 3.14. The Kier molecular flexibility index (Phi) is 2.52. The first-order valence-corrected chi connectivity index (χ1v) is 4.10. The van der Waals surface area contributed by atoms with Gasteiger partial charge in [0.05, 0.1) is 0 Å². The van der Waals surface area contributed by atoms with Crippen molar-refractivity contribution in [2.45, 2.75) is 45.1 Å². The minimum Gasteiger partial charge on any atom is -0.327 e. The van der Waals surface area contributed by atoms with E-state index in [0.29, 0.717) is 6.04 Å². The van der Waals surface area contributed by atoms with Crippen molar-refractivity contribution < 1.29 is 0 Å². The van der Waals surface area contributed by atoms with Gasteiger partial charge in [0.1, 0.15) is 0 Å². The van der Waals surface area contributed by atoms with Gasteiger partial charge in [0.25, 0.3) is 0 Å². The van der Waals surface area contributed by atoms with Gasteiger partial charge in [-0.05, 0) is 25.2 Å². The normalized spacial score (nSPS) is 35.3. The summed E-state index contributed by atoms with van der Waals surface area (Å²) in [5.74, 6) is 0.856. The minimum absolute atomic E-state index is 0.532. The SMILES string of the molecule is CCCC1CCC[C@H]1N. The molecule has 1 aliphatic carbocycles. The largest absolute Gasteiger partial charge is 0.327 e. The van der Waals surface area contributed by atoms with Gasteiger partial charge in [-0.15, -0.1) is 0 Å². The van der Waals surface area contributed by atoms with E-state index in [2.05, 4.69) is 6.92 Å². The topological polar surface area (TPSA) is 26.0 Å². The molecule has 0 aromatic carbocycles. The van der Waals surface area contributed by atoms with Gasteiger partial charge >= 0.3 is 0 Å². The van der Waals surface area contributed by atoms with Gasteiger partial charge in [-0.2, -0.15) is 0 Å². The number of rotatable bonds is 2. The molecule has 2 atom stereocenters. The highest BCUT2D eigenvalue weighted by Crippen LogP contribution is 2.27. The fraction of sp³-hybridized carbons (Fsp3) is 1.00. The third-order valence-corrected chi connectivity index (χ3v) is 2.38. The molecule has 1 nitrogen and oxygen atoms in total. The van der Waals surface area contributed by atoms with E-state index in [1.165, 1.54) is 32.1 Å². The standard InChI is InChI=1S/C8H17N/c1-2-4-7-5-3-6-8(7)9/h7-8H,2-6,9H2,1H3/t7?,8-/m1/s1. The lowest BCUT2D eigenvalue weighted by Crippen LogP contribution is -2.23. The van der Waals surface area contributed by atoms with Crippen molar-refractivity contribution in [2.75, 3.05) is 0 Å². The lowest BCUT2D eigenvalue weighted by Gasteiger charge is -2.12. The van der Waals surface area contributed by atoms with Crippen molar-refractivity contribution in [1.29, 1.82) is 0 Å². The summed E-state index contributed by atoms with van der Waals surface area (Å²) in [4.78, 5) is 0. The second-order valence-corrected chi connectivity index (χ2v) is 3.14. The lowest BCUT2D eigenvalue weighted by atomic mass is 9.99. The maximum absolute atomic E-state index is 5.87. The van der Waals surface area contributed by atoms with Crippen LogP contribution in [0, 0.1) is 5.92 Å². The molecule has 9 heavy (non-hydrogen) atoms. The van der Waals surface area contributed by atoms with Gasteiger partial charge in [-0.1, -0.05) is 19.8 Å². The summed E-state index contributed by atoms with van der Waals surface area (Å²) in [6.45, 7) is 2.24. The molecule has 0 aromatic heterocycles. The van der Waals surface area contributed by atoms with Crippen LogP contribution in [-0.2, 0) is 0 Å². The fourth-order valence-electron chi connectivity index (χ4n) is 1.79. The van der Waals surface area contributed by atoms with Crippen molar-refractivity contribution in [3.8, 4) is 0 Å². The molecule has 0 saturated heterocycles. The molecule has 0 bridgehead atoms. The molecule has 1 fully saturated rings. The molecule has 0 aliphatic heterocycles. The summed E-state index contributed by atoms with van der Waals surface area (Å²) in [6, 6.07) is 0.532. The van der Waals surface area contributed by atoms with Gasteiger partial charge in [0.15, 0.2) is 0 Å². The van der Waals surface area contributed by atoms with E-state index in [9.17, 15) is 0 Å². The van der Waals surface area contributed by atoms with Gasteiger partial charge in [-0.3, -0.25) is 0 Å². The molecular formula is C8H17N. The van der Waals surface area contributed by atoms with Gasteiger partial charge in [0, 0.05) is 6.04 Å². The molecule has 1 unspecified atom stereocenters. The summed E-state index contributed by atoms with van der Waals surface area (Å²) in [7, 11) is 0. The van der Waals surface area contributed by atoms with Crippen LogP contribution in [0.2, 0.25) is 0 Å². The third-order valence-electron chi connectivity index (χ3n) is 2.38. The predicted octanol–water partition coefficient (Wildman–Crippen LogP) is 1.91. The quantitative estimate of drug-likeness (QED) is 0.602. The molecule has 54 valence electrons. The Morgan fingerprint density at radius 2 is 2.22 bits per heavy atom. The zero-order valence-corrected chi connectivity index (χ0v) is 6.27. The summed E-state index contributed by atoms with van der Waals surface area (Å²) in [5.41, 5.74) is 5.87. The van der Waals surface area contributed by atoms with Crippen molar-refractivity contribution in [3.05, 3.63) is 0 Å². The van der Waals surface area contributed by atoms with Crippen LogP contribution in [0.5, 0.6) is 0 Å². The van der Waals surface area contributed by atoms with Crippen molar-refractivity contribution in [2.24, 2.45) is 11.7 Å². The molecule has 0 spiro atoms. The lowest BCUT2D eigenvalue weighted by molar-refractivity contribution is 0.442. The number of hydrogen-bond acceptors (Lipinski definition) is 1. The number of hydrogen-bond donors (Lipinski definition) is 1. The van der Waals surface area contributed by atoms with Crippen LogP contribution < -0.4 is 5.73 Å². The Morgan fingerprint density at radius 3 is 2.67 bits per heavy atom. The van der Waals surface area contributed by atoms with E-state index in [1.807, 2.05) is 0 Å². The Hall–Kier alpha value is -0.0400. The predicted molar refractivity (Wildman–Crippen MR) is 40.2 cm³/mol. The molecule has 1 heteroatoms. The van der Waals surface area contributed by atoms with Gasteiger partial charge in [0.2, 0.25) is 0 Å². The molecule has 0 radical (unpaired) electrons. The Labute approximate surface area is 57.6 Å². The van der Waals surface area contributed by atoms with Crippen LogP contribution in [0.15, 0.2) is 0 Å². The van der Waals surface area contributed by atoms with Crippen LogP contribution in [0.4, 0.5) is 0 Å². The summed E-state index contributed by atoms with van der Waals surface area (Å²) in [5, 5.41) is 0. The molecule has 0 amide bonds. The van der Waals surface area contributed by atoms with Crippen molar-refractivity contribution in [3.63, 3.8) is 0 Å². The maximum atomic E-state index is 5.87. The van der Waals surface area contributed by atoms with Gasteiger partial charge in [-0.25, -0.2) is 0 Å². The highest BCUT2D eigenvalue weighted by Gasteiger charge is 2.22. The Balaban J connectivity index is 2.22. The highest BCUT2D eigenvalue weighted by atomic mass is 14.7. The van der Waals surface area contributed by atoms with E-state index < -0.39 is 0 Å². The summed E-state index contributed by atoms with van der Waals surface area (Å²) < 4.78 is 0. The zero-order chi connectivity index (χ0) is 6.69. The van der Waals surface area contributed by atoms with E-state index in [4.69, 9.17) is 5.73 Å². The first kappa shape index (κ1) is 7.07. The number of nitrogens with two attached hydrogens (primary N) is 1. The summed E-state index contributed by atoms with van der Waals surface area (Å²) in [6.07, 6.45) is 6.67. The smallest absolute Gasteiger partial charge is 0.00671 e. The molecule has 1 saturated carbocycles. The molecule has 2 N–H and O–H groups in total. The van der Waals surface area contributed by atoms with E-state index in [0.717, 1.165) is 5.92 Å². The van der Waals surface area contributed by atoms with Crippen LogP contribution >= 0.6 is 0 Å². The third kappa shape index (κ3) is 1.68. The zero-order valence-electron chi connectivity index (χ0n) is 6.27. The maximum Gasteiger partial charge on any atom is 0.00671 e. The van der Waals surface area contributed by atoms with Crippen LogP contribution in [0.3, 0.4) is 0 Å². The molecular weight excluding hydrogens is 110 g/mol. The highest BCUT2D eigenvalue weighted by molar-refractivity contribution is 4.79. The monoisotopic (exact) mass is 127 g/mol. The molecule has 0 aromatic rings. The fourth-order valence-corrected chi connectivity index (χ4v) is 1.79. The van der Waals surface area contributed by atoms with Crippen LogP contribution in [0.25, 0.3) is 0 Å². The average molecular weight is 127 g/mol. The first-order valence-electron chi connectivity index (χ1n) is 4.10. The van der Waals surface area contributed by atoms with Crippen LogP contribution in [0.1, 0.15) is 39.0 Å². The van der Waals surface area contributed by atoms with E-state index in [1.54, 1.807) is 0 Å². The van der Waals surface area contributed by atoms with Crippen LogP contribution in [-0.4, -0.2) is 6.04 Å². The molecule has 0 heterocycles. The van der Waals surface area contributed by atoms with Crippen molar-refractivity contribution in [1.82, 2.24) is 0 Å². The minimum atomic E-state index is 0.532.